The Kier molecular flexibility index (Phi) is 3.95. The molecule has 0 bridgehead atoms. The van der Waals surface area contributed by atoms with Crippen LogP contribution in [-0.2, 0) is 11.2 Å². The summed E-state index contributed by atoms with van der Waals surface area (Å²) >= 11 is 0. The highest BCUT2D eigenvalue weighted by Gasteiger charge is 2.12. The van der Waals surface area contributed by atoms with Crippen LogP contribution in [0, 0.1) is 17.6 Å². The maximum atomic E-state index is 13.2. The zero-order valence-electron chi connectivity index (χ0n) is 8.89. The standard InChI is InChI=1S/C12H14F2O/c1-8(2)12(15)7-6-9-10(13)4-3-5-11(9)14/h3-5,8H,6-7H2,1-2H3. The summed E-state index contributed by atoms with van der Waals surface area (Å²) in [5, 5.41) is 0. The van der Waals surface area contributed by atoms with E-state index < -0.39 is 11.6 Å². The van der Waals surface area contributed by atoms with Crippen molar-refractivity contribution in [1.82, 2.24) is 0 Å². The summed E-state index contributed by atoms with van der Waals surface area (Å²) in [6.07, 6.45) is 0.324. The van der Waals surface area contributed by atoms with E-state index >= 15 is 0 Å². The molecule has 0 aliphatic carbocycles. The number of carbonyl (C=O) groups is 1. The number of halogens is 2. The van der Waals surface area contributed by atoms with Crippen molar-refractivity contribution in [3.8, 4) is 0 Å². The van der Waals surface area contributed by atoms with E-state index in [-0.39, 0.29) is 30.1 Å². The van der Waals surface area contributed by atoms with Gasteiger partial charge in [0.2, 0.25) is 0 Å². The molecule has 15 heavy (non-hydrogen) atoms. The van der Waals surface area contributed by atoms with Gasteiger partial charge in [-0.3, -0.25) is 4.79 Å². The largest absolute Gasteiger partial charge is 0.299 e. The van der Waals surface area contributed by atoms with Gasteiger partial charge in [0.15, 0.2) is 0 Å². The minimum absolute atomic E-state index is 0.00602. The second kappa shape index (κ2) is 5.01. The van der Waals surface area contributed by atoms with Crippen LogP contribution >= 0.6 is 0 Å². The molecule has 0 aliphatic heterocycles. The minimum atomic E-state index is -0.577. The third-order valence-electron chi connectivity index (χ3n) is 2.33. The fourth-order valence-electron chi connectivity index (χ4n) is 1.31. The normalized spacial score (nSPS) is 10.7. The predicted molar refractivity (Wildman–Crippen MR) is 54.5 cm³/mol. The van der Waals surface area contributed by atoms with Crippen LogP contribution in [0.1, 0.15) is 25.8 Å². The predicted octanol–water partition coefficient (Wildman–Crippen LogP) is 3.12. The number of carbonyl (C=O) groups excluding carboxylic acids is 1. The van der Waals surface area contributed by atoms with Crippen molar-refractivity contribution in [3.63, 3.8) is 0 Å². The first-order valence-electron chi connectivity index (χ1n) is 4.98. The van der Waals surface area contributed by atoms with Crippen LogP contribution in [0.4, 0.5) is 8.78 Å². The van der Waals surface area contributed by atoms with E-state index in [0.717, 1.165) is 0 Å². The molecule has 0 aromatic heterocycles. The number of ketones is 1. The molecule has 0 N–H and O–H groups in total. The second-order valence-corrected chi connectivity index (χ2v) is 3.82. The fourth-order valence-corrected chi connectivity index (χ4v) is 1.31. The summed E-state index contributed by atoms with van der Waals surface area (Å²) in [4.78, 5) is 11.3. The zero-order chi connectivity index (χ0) is 11.4. The van der Waals surface area contributed by atoms with Gasteiger partial charge in [0, 0.05) is 17.9 Å². The average Bonchev–Trinajstić information content (AvgIpc) is 2.16. The number of benzene rings is 1. The summed E-state index contributed by atoms with van der Waals surface area (Å²) < 4.78 is 26.3. The molecule has 0 saturated carbocycles. The molecule has 0 fully saturated rings. The first-order chi connectivity index (χ1) is 7.02. The molecule has 0 spiro atoms. The van der Waals surface area contributed by atoms with Crippen molar-refractivity contribution in [2.24, 2.45) is 5.92 Å². The number of hydrogen-bond donors (Lipinski definition) is 0. The highest BCUT2D eigenvalue weighted by atomic mass is 19.1. The number of Topliss-reactive ketones (excluding diaryl/α,β-unsaturated/α-hetero) is 1. The quantitative estimate of drug-likeness (QED) is 0.749. The Morgan fingerprint density at radius 3 is 2.27 bits per heavy atom. The monoisotopic (exact) mass is 212 g/mol. The van der Waals surface area contributed by atoms with E-state index in [1.165, 1.54) is 18.2 Å². The molecular weight excluding hydrogens is 198 g/mol. The van der Waals surface area contributed by atoms with E-state index in [1.807, 2.05) is 0 Å². The van der Waals surface area contributed by atoms with Gasteiger partial charge in [-0.1, -0.05) is 19.9 Å². The summed E-state index contributed by atoms with van der Waals surface area (Å²) in [5.41, 5.74) is 0.00602. The lowest BCUT2D eigenvalue weighted by molar-refractivity contribution is -0.121. The Hall–Kier alpha value is -1.25. The maximum absolute atomic E-state index is 13.2. The molecule has 0 saturated heterocycles. The van der Waals surface area contributed by atoms with Crippen LogP contribution in [-0.4, -0.2) is 5.78 Å². The van der Waals surface area contributed by atoms with Gasteiger partial charge in [0.1, 0.15) is 17.4 Å². The van der Waals surface area contributed by atoms with E-state index in [0.29, 0.717) is 0 Å². The Morgan fingerprint density at radius 2 is 1.80 bits per heavy atom. The first-order valence-corrected chi connectivity index (χ1v) is 4.98. The topological polar surface area (TPSA) is 17.1 Å². The Morgan fingerprint density at radius 1 is 1.27 bits per heavy atom. The highest BCUT2D eigenvalue weighted by Crippen LogP contribution is 2.15. The molecule has 0 atom stereocenters. The van der Waals surface area contributed by atoms with Crippen molar-refractivity contribution in [3.05, 3.63) is 35.4 Å². The van der Waals surface area contributed by atoms with Crippen molar-refractivity contribution in [2.45, 2.75) is 26.7 Å². The summed E-state index contributed by atoms with van der Waals surface area (Å²) in [6.45, 7) is 3.56. The Balaban J connectivity index is 2.69. The summed E-state index contributed by atoms with van der Waals surface area (Å²) in [6, 6.07) is 3.73. The Bertz CT molecular complexity index is 338. The van der Waals surface area contributed by atoms with Gasteiger partial charge in [-0.25, -0.2) is 8.78 Å². The molecule has 1 nitrogen and oxygen atoms in total. The van der Waals surface area contributed by atoms with E-state index in [2.05, 4.69) is 0 Å². The van der Waals surface area contributed by atoms with Crippen LogP contribution in [0.25, 0.3) is 0 Å². The lowest BCUT2D eigenvalue weighted by Gasteiger charge is -2.06. The molecule has 0 amide bonds. The molecule has 0 unspecified atom stereocenters. The van der Waals surface area contributed by atoms with Gasteiger partial charge in [0.05, 0.1) is 0 Å². The van der Waals surface area contributed by atoms with E-state index in [4.69, 9.17) is 0 Å². The number of rotatable bonds is 4. The Labute approximate surface area is 88.1 Å². The van der Waals surface area contributed by atoms with Crippen LogP contribution in [0.5, 0.6) is 0 Å². The van der Waals surface area contributed by atoms with Crippen molar-refractivity contribution in [1.29, 1.82) is 0 Å². The first kappa shape index (κ1) is 11.8. The van der Waals surface area contributed by atoms with Crippen LogP contribution in [0.15, 0.2) is 18.2 Å². The lowest BCUT2D eigenvalue weighted by atomic mass is 10.0. The van der Waals surface area contributed by atoms with Crippen molar-refractivity contribution < 1.29 is 13.6 Å². The number of hydrogen-bond acceptors (Lipinski definition) is 1. The lowest BCUT2D eigenvalue weighted by Crippen LogP contribution is -2.09. The molecule has 3 heteroatoms. The molecule has 0 heterocycles. The van der Waals surface area contributed by atoms with Gasteiger partial charge >= 0.3 is 0 Å². The molecule has 0 aliphatic rings. The average molecular weight is 212 g/mol. The van der Waals surface area contributed by atoms with Crippen molar-refractivity contribution >= 4 is 5.78 Å². The molecule has 0 radical (unpaired) electrons. The third-order valence-corrected chi connectivity index (χ3v) is 2.33. The van der Waals surface area contributed by atoms with Gasteiger partial charge in [-0.05, 0) is 18.6 Å². The highest BCUT2D eigenvalue weighted by molar-refractivity contribution is 5.80. The second-order valence-electron chi connectivity index (χ2n) is 3.82. The van der Waals surface area contributed by atoms with Gasteiger partial charge < -0.3 is 0 Å². The SMILES string of the molecule is CC(C)C(=O)CCc1c(F)cccc1F. The van der Waals surface area contributed by atoms with Crippen molar-refractivity contribution in [2.75, 3.05) is 0 Å². The van der Waals surface area contributed by atoms with Gasteiger partial charge in [0.25, 0.3) is 0 Å². The van der Waals surface area contributed by atoms with E-state index in [9.17, 15) is 13.6 Å². The van der Waals surface area contributed by atoms with Crippen LogP contribution in [0.3, 0.4) is 0 Å². The minimum Gasteiger partial charge on any atom is -0.299 e. The van der Waals surface area contributed by atoms with Gasteiger partial charge in [-0.2, -0.15) is 0 Å². The zero-order valence-corrected chi connectivity index (χ0v) is 8.89. The molecule has 1 aromatic rings. The smallest absolute Gasteiger partial charge is 0.135 e. The maximum Gasteiger partial charge on any atom is 0.135 e. The summed E-state index contributed by atoms with van der Waals surface area (Å²) in [5.74, 6) is -1.21. The summed E-state index contributed by atoms with van der Waals surface area (Å²) in [7, 11) is 0. The van der Waals surface area contributed by atoms with E-state index in [1.54, 1.807) is 13.8 Å². The van der Waals surface area contributed by atoms with Crippen LogP contribution in [0.2, 0.25) is 0 Å². The van der Waals surface area contributed by atoms with Crippen LogP contribution < -0.4 is 0 Å². The fraction of sp³-hybridized carbons (Fsp3) is 0.417. The van der Waals surface area contributed by atoms with Gasteiger partial charge in [-0.15, -0.1) is 0 Å². The third kappa shape index (κ3) is 3.11. The molecule has 82 valence electrons. The molecule has 1 rings (SSSR count). The molecular formula is C12H14F2O. The molecule has 1 aromatic carbocycles.